The molecule has 2 fully saturated rings. The van der Waals surface area contributed by atoms with Crippen molar-refractivity contribution < 1.29 is 31.1 Å². The number of nitrogens with one attached hydrogen (secondary N) is 1. The SMILES string of the molecule is O=S(=O)(CN1CCCC(COc2ccc(OC(F)(F)F)cc2)C1)C1CCC(c2ccnc3cnc4[nH]ccc4c23)CC1. The summed E-state index contributed by atoms with van der Waals surface area (Å²) in [6, 6.07) is 9.39. The second kappa shape index (κ2) is 11.7. The minimum Gasteiger partial charge on any atom is -0.493 e. The molecule has 8 nitrogen and oxygen atoms in total. The Morgan fingerprint density at radius 1 is 0.976 bits per heavy atom. The molecule has 224 valence electrons. The largest absolute Gasteiger partial charge is 0.573 e. The lowest BCUT2D eigenvalue weighted by atomic mass is 9.82. The van der Waals surface area contributed by atoms with E-state index in [1.165, 1.54) is 29.8 Å². The van der Waals surface area contributed by atoms with Gasteiger partial charge in [0.1, 0.15) is 23.0 Å². The van der Waals surface area contributed by atoms with Crippen LogP contribution in [-0.2, 0) is 9.84 Å². The number of fused-ring (bicyclic) bond motifs is 3. The number of ether oxygens (including phenoxy) is 2. The summed E-state index contributed by atoms with van der Waals surface area (Å²) < 4.78 is 73.8. The molecule has 12 heteroatoms. The highest BCUT2D eigenvalue weighted by Gasteiger charge is 2.35. The Kier molecular flexibility index (Phi) is 8.01. The van der Waals surface area contributed by atoms with Crippen molar-refractivity contribution in [3.05, 3.63) is 60.6 Å². The van der Waals surface area contributed by atoms with E-state index in [-0.39, 0.29) is 28.7 Å². The molecule has 42 heavy (non-hydrogen) atoms. The molecule has 0 amide bonds. The normalized spacial score (nSPS) is 22.4. The van der Waals surface area contributed by atoms with Crippen LogP contribution < -0.4 is 9.47 Å². The highest BCUT2D eigenvalue weighted by Crippen LogP contribution is 2.40. The van der Waals surface area contributed by atoms with Gasteiger partial charge in [0.25, 0.3) is 0 Å². The Labute approximate surface area is 242 Å². The Balaban J connectivity index is 1.03. The summed E-state index contributed by atoms with van der Waals surface area (Å²) in [6.07, 6.45) is 5.38. The van der Waals surface area contributed by atoms with Gasteiger partial charge in [-0.15, -0.1) is 13.2 Å². The zero-order chi connectivity index (χ0) is 29.3. The van der Waals surface area contributed by atoms with Crippen LogP contribution in [0.5, 0.6) is 11.5 Å². The van der Waals surface area contributed by atoms with E-state index in [0.29, 0.717) is 31.7 Å². The van der Waals surface area contributed by atoms with Crippen molar-refractivity contribution >= 4 is 31.8 Å². The lowest BCUT2D eigenvalue weighted by molar-refractivity contribution is -0.274. The smallest absolute Gasteiger partial charge is 0.493 e. The molecule has 1 atom stereocenters. The average Bonchev–Trinajstić information content (AvgIpc) is 3.45. The molecule has 0 radical (unpaired) electrons. The van der Waals surface area contributed by atoms with Crippen molar-refractivity contribution in [1.29, 1.82) is 0 Å². The summed E-state index contributed by atoms with van der Waals surface area (Å²) in [5, 5.41) is 1.79. The molecule has 1 saturated heterocycles. The van der Waals surface area contributed by atoms with Crippen LogP contribution in [0.15, 0.2) is 55.0 Å². The van der Waals surface area contributed by atoms with Crippen molar-refractivity contribution in [2.45, 2.75) is 56.1 Å². The maximum absolute atomic E-state index is 13.5. The van der Waals surface area contributed by atoms with Crippen LogP contribution in [0.25, 0.3) is 21.9 Å². The first-order chi connectivity index (χ1) is 20.1. The molecule has 0 bridgehead atoms. The number of piperidine rings is 1. The first kappa shape index (κ1) is 28.7. The lowest BCUT2D eigenvalue weighted by Gasteiger charge is -2.35. The number of likely N-dealkylation sites (tertiary alicyclic amines) is 1. The Morgan fingerprint density at radius 2 is 1.74 bits per heavy atom. The molecule has 1 unspecified atom stereocenters. The number of hydrogen-bond acceptors (Lipinski definition) is 7. The van der Waals surface area contributed by atoms with Gasteiger partial charge in [-0.25, -0.2) is 13.4 Å². The maximum Gasteiger partial charge on any atom is 0.573 e. The number of halogens is 3. The zero-order valence-corrected chi connectivity index (χ0v) is 23.8. The third kappa shape index (κ3) is 6.49. The number of alkyl halides is 3. The molecule has 1 aromatic carbocycles. The molecular weight excluding hydrogens is 569 g/mol. The predicted octanol–water partition coefficient (Wildman–Crippen LogP) is 6.20. The van der Waals surface area contributed by atoms with Crippen LogP contribution in [-0.4, -0.2) is 65.5 Å². The summed E-state index contributed by atoms with van der Waals surface area (Å²) in [4.78, 5) is 14.1. The Hall–Kier alpha value is -3.38. The van der Waals surface area contributed by atoms with Gasteiger partial charge in [0.15, 0.2) is 9.84 Å². The fraction of sp³-hybridized carbons (Fsp3) is 0.467. The minimum atomic E-state index is -4.74. The van der Waals surface area contributed by atoms with Crippen molar-refractivity contribution in [2.75, 3.05) is 25.6 Å². The van der Waals surface area contributed by atoms with E-state index in [4.69, 9.17) is 4.74 Å². The first-order valence-corrected chi connectivity index (χ1v) is 16.0. The molecule has 3 aromatic heterocycles. The van der Waals surface area contributed by atoms with E-state index >= 15 is 0 Å². The summed E-state index contributed by atoms with van der Waals surface area (Å²) in [5.74, 6) is 0.586. The van der Waals surface area contributed by atoms with Gasteiger partial charge >= 0.3 is 6.36 Å². The molecule has 4 heterocycles. The van der Waals surface area contributed by atoms with E-state index in [0.717, 1.165) is 54.2 Å². The Bertz CT molecular complexity index is 1630. The third-order valence-corrected chi connectivity index (χ3v) is 10.7. The minimum absolute atomic E-state index is 0.0378. The van der Waals surface area contributed by atoms with Gasteiger partial charge in [0.05, 0.1) is 23.6 Å². The number of aromatic amines is 1. The van der Waals surface area contributed by atoms with E-state index in [2.05, 4.69) is 25.8 Å². The monoisotopic (exact) mass is 602 g/mol. The quantitative estimate of drug-likeness (QED) is 0.257. The molecule has 2 aliphatic rings. The molecule has 1 aliphatic heterocycles. The van der Waals surface area contributed by atoms with Crippen molar-refractivity contribution in [2.24, 2.45) is 5.92 Å². The van der Waals surface area contributed by atoms with Crippen LogP contribution in [0.4, 0.5) is 13.2 Å². The van der Waals surface area contributed by atoms with E-state index in [9.17, 15) is 21.6 Å². The third-order valence-electron chi connectivity index (χ3n) is 8.45. The average molecular weight is 603 g/mol. The highest BCUT2D eigenvalue weighted by atomic mass is 32.2. The van der Waals surface area contributed by atoms with E-state index < -0.39 is 16.2 Å². The maximum atomic E-state index is 13.5. The number of sulfone groups is 1. The standard InChI is InChI=1S/C30H33F3N4O4S/c31-30(32,33)41-23-7-5-22(6-8-23)40-18-20-2-1-15-37(17-20)19-42(38,39)24-9-3-21(4-10-24)25-11-13-34-27-16-36-29-26(28(25)27)12-14-35-29/h5-8,11-14,16,20-21,24H,1-4,9-10,15,17-19H2,(H,35,36). The van der Waals surface area contributed by atoms with Crippen LogP contribution >= 0.6 is 0 Å². The van der Waals surface area contributed by atoms with Gasteiger partial charge in [-0.05, 0) is 92.9 Å². The topological polar surface area (TPSA) is 97.4 Å². The van der Waals surface area contributed by atoms with Gasteiger partial charge in [-0.2, -0.15) is 0 Å². The summed E-state index contributed by atoms with van der Waals surface area (Å²) in [5.41, 5.74) is 2.89. The number of nitrogens with zero attached hydrogens (tertiary/aromatic N) is 3. The zero-order valence-electron chi connectivity index (χ0n) is 23.0. The molecule has 0 spiro atoms. The first-order valence-electron chi connectivity index (χ1n) is 14.3. The molecule has 4 aromatic rings. The molecular formula is C30H33F3N4O4S. The molecule has 6 rings (SSSR count). The van der Waals surface area contributed by atoms with Crippen molar-refractivity contribution in [3.63, 3.8) is 0 Å². The second-order valence-electron chi connectivity index (χ2n) is 11.3. The van der Waals surface area contributed by atoms with E-state index in [1.807, 2.05) is 23.4 Å². The van der Waals surface area contributed by atoms with Gasteiger partial charge in [-0.1, -0.05) is 0 Å². The fourth-order valence-electron chi connectivity index (χ4n) is 6.47. The number of aromatic nitrogens is 3. The number of rotatable bonds is 8. The molecule has 1 aliphatic carbocycles. The summed E-state index contributed by atoms with van der Waals surface area (Å²) >= 11 is 0. The lowest BCUT2D eigenvalue weighted by Crippen LogP contribution is -2.43. The fourth-order valence-corrected chi connectivity index (χ4v) is 8.41. The van der Waals surface area contributed by atoms with Crippen LogP contribution in [0.2, 0.25) is 0 Å². The van der Waals surface area contributed by atoms with Crippen LogP contribution in [0.3, 0.4) is 0 Å². The summed E-state index contributed by atoms with van der Waals surface area (Å²) in [7, 11) is -3.32. The number of benzene rings is 1. The van der Waals surface area contributed by atoms with Gasteiger partial charge in [0, 0.05) is 35.6 Å². The van der Waals surface area contributed by atoms with Crippen LogP contribution in [0, 0.1) is 5.92 Å². The van der Waals surface area contributed by atoms with Gasteiger partial charge in [0.2, 0.25) is 0 Å². The summed E-state index contributed by atoms with van der Waals surface area (Å²) in [6.45, 7) is 1.69. The highest BCUT2D eigenvalue weighted by molar-refractivity contribution is 7.91. The van der Waals surface area contributed by atoms with Crippen molar-refractivity contribution in [3.8, 4) is 11.5 Å². The number of H-pyrrole nitrogens is 1. The molecule has 1 N–H and O–H groups in total. The van der Waals surface area contributed by atoms with Crippen LogP contribution in [0.1, 0.15) is 50.0 Å². The van der Waals surface area contributed by atoms with E-state index in [1.54, 1.807) is 6.20 Å². The predicted molar refractivity (Wildman–Crippen MR) is 153 cm³/mol. The van der Waals surface area contributed by atoms with Gasteiger partial charge < -0.3 is 14.5 Å². The van der Waals surface area contributed by atoms with Gasteiger partial charge in [-0.3, -0.25) is 9.88 Å². The molecule has 1 saturated carbocycles. The number of pyridine rings is 2. The Morgan fingerprint density at radius 3 is 2.50 bits per heavy atom. The number of hydrogen-bond donors (Lipinski definition) is 1. The second-order valence-corrected chi connectivity index (χ2v) is 13.6. The van der Waals surface area contributed by atoms with Crippen molar-refractivity contribution in [1.82, 2.24) is 19.9 Å².